The normalized spacial score (nSPS) is 12.1. The quantitative estimate of drug-likeness (QED) is 0.877. The Morgan fingerprint density at radius 1 is 1.21 bits per heavy atom. The Hall–Kier alpha value is -2.03. The molecule has 3 heteroatoms. The molecule has 1 aromatic carbocycles. The molecule has 0 aliphatic carbocycles. The van der Waals surface area contributed by atoms with Gasteiger partial charge in [-0.2, -0.15) is 0 Å². The van der Waals surface area contributed by atoms with Gasteiger partial charge in [-0.15, -0.1) is 0 Å². The molecular weight excluding hydrogens is 236 g/mol. The minimum absolute atomic E-state index is 0.0575. The SMILES string of the molecule is CC(NC(=O)CCc1cccn1C)c1ccccc1. The van der Waals surface area contributed by atoms with Crippen molar-refractivity contribution in [2.45, 2.75) is 25.8 Å². The summed E-state index contributed by atoms with van der Waals surface area (Å²) in [5.74, 6) is 0.0950. The molecule has 19 heavy (non-hydrogen) atoms. The summed E-state index contributed by atoms with van der Waals surface area (Å²) in [6, 6.07) is 14.1. The Balaban J connectivity index is 1.83. The van der Waals surface area contributed by atoms with E-state index in [1.165, 1.54) is 5.69 Å². The van der Waals surface area contributed by atoms with Crippen molar-refractivity contribution in [3.63, 3.8) is 0 Å². The van der Waals surface area contributed by atoms with Gasteiger partial charge in [0.15, 0.2) is 0 Å². The number of carbonyl (C=O) groups excluding carboxylic acids is 1. The Morgan fingerprint density at radius 2 is 1.95 bits per heavy atom. The fraction of sp³-hybridized carbons (Fsp3) is 0.312. The molecule has 3 nitrogen and oxygen atoms in total. The predicted octanol–water partition coefficient (Wildman–Crippen LogP) is 2.84. The first-order valence-corrected chi connectivity index (χ1v) is 6.61. The lowest BCUT2D eigenvalue weighted by Gasteiger charge is -2.14. The van der Waals surface area contributed by atoms with E-state index in [1.807, 2.05) is 67.2 Å². The standard InChI is InChI=1S/C16H20N2O/c1-13(14-7-4-3-5-8-14)17-16(19)11-10-15-9-6-12-18(15)2/h3-9,12-13H,10-11H2,1-2H3,(H,17,19). The van der Waals surface area contributed by atoms with Crippen LogP contribution in [0.25, 0.3) is 0 Å². The average molecular weight is 256 g/mol. The van der Waals surface area contributed by atoms with E-state index in [-0.39, 0.29) is 11.9 Å². The summed E-state index contributed by atoms with van der Waals surface area (Å²) in [7, 11) is 2.00. The Labute approximate surface area is 114 Å². The number of aryl methyl sites for hydroxylation is 2. The number of nitrogens with one attached hydrogen (secondary N) is 1. The molecule has 100 valence electrons. The van der Waals surface area contributed by atoms with Crippen LogP contribution < -0.4 is 5.32 Å². The second-order valence-electron chi connectivity index (χ2n) is 4.81. The molecule has 0 bridgehead atoms. The maximum Gasteiger partial charge on any atom is 0.220 e. The van der Waals surface area contributed by atoms with Crippen LogP contribution in [0.4, 0.5) is 0 Å². The van der Waals surface area contributed by atoms with Crippen LogP contribution in [0.15, 0.2) is 48.7 Å². The van der Waals surface area contributed by atoms with Crippen LogP contribution in [0.1, 0.15) is 30.6 Å². The first-order chi connectivity index (χ1) is 9.16. The summed E-state index contributed by atoms with van der Waals surface area (Å²) in [6.45, 7) is 2.01. The number of hydrogen-bond donors (Lipinski definition) is 1. The summed E-state index contributed by atoms with van der Waals surface area (Å²) in [6.07, 6.45) is 3.30. The summed E-state index contributed by atoms with van der Waals surface area (Å²) in [5.41, 5.74) is 2.32. The number of hydrogen-bond acceptors (Lipinski definition) is 1. The van der Waals surface area contributed by atoms with Crippen LogP contribution in [0.3, 0.4) is 0 Å². The molecule has 0 saturated heterocycles. The van der Waals surface area contributed by atoms with E-state index < -0.39 is 0 Å². The molecule has 1 N–H and O–H groups in total. The third kappa shape index (κ3) is 3.71. The van der Waals surface area contributed by atoms with Gasteiger partial charge < -0.3 is 9.88 Å². The molecule has 0 spiro atoms. The molecule has 0 fully saturated rings. The minimum Gasteiger partial charge on any atom is -0.354 e. The van der Waals surface area contributed by atoms with Gasteiger partial charge in [-0.25, -0.2) is 0 Å². The molecule has 1 amide bonds. The third-order valence-corrected chi connectivity index (χ3v) is 3.34. The van der Waals surface area contributed by atoms with Crippen LogP contribution in [-0.4, -0.2) is 10.5 Å². The number of rotatable bonds is 5. The number of amides is 1. The van der Waals surface area contributed by atoms with Crippen LogP contribution >= 0.6 is 0 Å². The van der Waals surface area contributed by atoms with Crippen molar-refractivity contribution in [1.29, 1.82) is 0 Å². The number of benzene rings is 1. The van der Waals surface area contributed by atoms with Gasteiger partial charge in [0.05, 0.1) is 6.04 Å². The van der Waals surface area contributed by atoms with Gasteiger partial charge >= 0.3 is 0 Å². The van der Waals surface area contributed by atoms with E-state index in [4.69, 9.17) is 0 Å². The highest BCUT2D eigenvalue weighted by molar-refractivity contribution is 5.76. The third-order valence-electron chi connectivity index (χ3n) is 3.34. The smallest absolute Gasteiger partial charge is 0.220 e. The van der Waals surface area contributed by atoms with E-state index in [2.05, 4.69) is 5.32 Å². The monoisotopic (exact) mass is 256 g/mol. The molecular formula is C16H20N2O. The molecule has 1 heterocycles. The first-order valence-electron chi connectivity index (χ1n) is 6.61. The second kappa shape index (κ2) is 6.23. The van der Waals surface area contributed by atoms with Gasteiger partial charge in [0.25, 0.3) is 0 Å². The lowest BCUT2D eigenvalue weighted by atomic mass is 10.1. The van der Waals surface area contributed by atoms with Gasteiger partial charge in [0.2, 0.25) is 5.91 Å². The van der Waals surface area contributed by atoms with Gasteiger partial charge in [-0.3, -0.25) is 4.79 Å². The molecule has 2 aromatic rings. The highest BCUT2D eigenvalue weighted by Gasteiger charge is 2.09. The van der Waals surface area contributed by atoms with Gasteiger partial charge in [0.1, 0.15) is 0 Å². The largest absolute Gasteiger partial charge is 0.354 e. The molecule has 0 saturated carbocycles. The number of carbonyl (C=O) groups is 1. The maximum absolute atomic E-state index is 11.9. The molecule has 0 aliphatic heterocycles. The Kier molecular flexibility index (Phi) is 4.39. The zero-order valence-corrected chi connectivity index (χ0v) is 11.5. The van der Waals surface area contributed by atoms with Crippen molar-refractivity contribution in [3.05, 3.63) is 59.9 Å². The van der Waals surface area contributed by atoms with E-state index in [0.717, 1.165) is 12.0 Å². The van der Waals surface area contributed by atoms with E-state index in [1.54, 1.807) is 0 Å². The van der Waals surface area contributed by atoms with Crippen LogP contribution in [-0.2, 0) is 18.3 Å². The molecule has 0 aliphatic rings. The summed E-state index contributed by atoms with van der Waals surface area (Å²) in [4.78, 5) is 11.9. The van der Waals surface area contributed by atoms with Crippen LogP contribution in [0.5, 0.6) is 0 Å². The Bertz CT molecular complexity index is 531. The van der Waals surface area contributed by atoms with Crippen molar-refractivity contribution in [3.8, 4) is 0 Å². The highest BCUT2D eigenvalue weighted by atomic mass is 16.1. The molecule has 1 aromatic heterocycles. The van der Waals surface area contributed by atoms with E-state index in [0.29, 0.717) is 6.42 Å². The highest BCUT2D eigenvalue weighted by Crippen LogP contribution is 2.11. The molecule has 1 atom stereocenters. The second-order valence-corrected chi connectivity index (χ2v) is 4.81. The number of nitrogens with zero attached hydrogens (tertiary/aromatic N) is 1. The van der Waals surface area contributed by atoms with Crippen molar-refractivity contribution in [2.24, 2.45) is 7.05 Å². The van der Waals surface area contributed by atoms with Gasteiger partial charge in [-0.05, 0) is 31.0 Å². The lowest BCUT2D eigenvalue weighted by molar-refractivity contribution is -0.121. The lowest BCUT2D eigenvalue weighted by Crippen LogP contribution is -2.26. The van der Waals surface area contributed by atoms with Crippen molar-refractivity contribution >= 4 is 5.91 Å². The van der Waals surface area contributed by atoms with Gasteiger partial charge in [0, 0.05) is 25.4 Å². The molecule has 0 radical (unpaired) electrons. The van der Waals surface area contributed by atoms with Crippen molar-refractivity contribution in [2.75, 3.05) is 0 Å². The summed E-state index contributed by atoms with van der Waals surface area (Å²) >= 11 is 0. The van der Waals surface area contributed by atoms with Crippen LogP contribution in [0.2, 0.25) is 0 Å². The fourth-order valence-electron chi connectivity index (χ4n) is 2.14. The molecule has 1 unspecified atom stereocenters. The zero-order valence-electron chi connectivity index (χ0n) is 11.5. The maximum atomic E-state index is 11.9. The van der Waals surface area contributed by atoms with Crippen molar-refractivity contribution in [1.82, 2.24) is 9.88 Å². The predicted molar refractivity (Wildman–Crippen MR) is 76.7 cm³/mol. The van der Waals surface area contributed by atoms with E-state index in [9.17, 15) is 4.79 Å². The fourth-order valence-corrected chi connectivity index (χ4v) is 2.14. The summed E-state index contributed by atoms with van der Waals surface area (Å²) in [5, 5.41) is 3.03. The Morgan fingerprint density at radius 3 is 2.58 bits per heavy atom. The van der Waals surface area contributed by atoms with Gasteiger partial charge in [-0.1, -0.05) is 30.3 Å². The zero-order chi connectivity index (χ0) is 13.7. The minimum atomic E-state index is 0.0575. The number of aromatic nitrogens is 1. The topological polar surface area (TPSA) is 34.0 Å². The van der Waals surface area contributed by atoms with Crippen LogP contribution in [0, 0.1) is 0 Å². The van der Waals surface area contributed by atoms with Crippen molar-refractivity contribution < 1.29 is 4.79 Å². The first kappa shape index (κ1) is 13.4. The average Bonchev–Trinajstić information content (AvgIpc) is 2.83. The molecule has 2 rings (SSSR count). The summed E-state index contributed by atoms with van der Waals surface area (Å²) < 4.78 is 2.05. The van der Waals surface area contributed by atoms with E-state index >= 15 is 0 Å².